The minimum absolute atomic E-state index is 0.0669. The summed E-state index contributed by atoms with van der Waals surface area (Å²) < 4.78 is 10.4. The third kappa shape index (κ3) is 7.36. The van der Waals surface area contributed by atoms with Crippen molar-refractivity contribution in [2.24, 2.45) is 0 Å². The van der Waals surface area contributed by atoms with E-state index < -0.39 is 20.3 Å². The molecule has 0 aromatic carbocycles. The van der Waals surface area contributed by atoms with Crippen molar-refractivity contribution in [2.45, 2.75) is 31.7 Å². The molecule has 2 rings (SSSR count). The Balaban J connectivity index is 1.70. The standard InChI is InChI=1S/C16H27N5O4Si/c1-26(2,3)10-9-24-15(22)18-11-13-12-21(8-7-17-13)16(23)25-14-5-4-6-19-20-14/h4-6,13,17H,7-12H2,1-3H3,(H,18,22)/t13-/m0/s1. The van der Waals surface area contributed by atoms with Crippen LogP contribution in [0.3, 0.4) is 0 Å². The molecule has 144 valence electrons. The molecule has 1 fully saturated rings. The molecule has 1 aromatic rings. The fraction of sp³-hybridized carbons (Fsp3) is 0.625. The van der Waals surface area contributed by atoms with E-state index in [9.17, 15) is 9.59 Å². The summed E-state index contributed by atoms with van der Waals surface area (Å²) in [4.78, 5) is 25.5. The van der Waals surface area contributed by atoms with Crippen molar-refractivity contribution in [1.82, 2.24) is 25.7 Å². The first-order chi connectivity index (χ1) is 12.3. The van der Waals surface area contributed by atoms with Crippen LogP contribution < -0.4 is 15.4 Å². The molecular formula is C16H27N5O4Si. The van der Waals surface area contributed by atoms with Crippen LogP contribution in [0.1, 0.15) is 0 Å². The van der Waals surface area contributed by atoms with Gasteiger partial charge in [0.2, 0.25) is 5.88 Å². The summed E-state index contributed by atoms with van der Waals surface area (Å²) in [5.74, 6) is 0.164. The van der Waals surface area contributed by atoms with Crippen molar-refractivity contribution in [3.8, 4) is 5.88 Å². The molecule has 0 bridgehead atoms. The van der Waals surface area contributed by atoms with Gasteiger partial charge in [0.05, 0.1) is 6.61 Å². The van der Waals surface area contributed by atoms with Gasteiger partial charge in [-0.1, -0.05) is 19.6 Å². The Morgan fingerprint density at radius 3 is 2.92 bits per heavy atom. The molecule has 1 aromatic heterocycles. The monoisotopic (exact) mass is 381 g/mol. The van der Waals surface area contributed by atoms with Crippen LogP contribution in [-0.2, 0) is 4.74 Å². The number of alkyl carbamates (subject to hydrolysis) is 1. The Kier molecular flexibility index (Phi) is 7.34. The van der Waals surface area contributed by atoms with Crippen LogP contribution in [0.5, 0.6) is 5.88 Å². The lowest BCUT2D eigenvalue weighted by Crippen LogP contribution is -2.56. The summed E-state index contributed by atoms with van der Waals surface area (Å²) in [6, 6.07) is 4.09. The van der Waals surface area contributed by atoms with Gasteiger partial charge in [0, 0.05) is 52.6 Å². The molecule has 26 heavy (non-hydrogen) atoms. The van der Waals surface area contributed by atoms with E-state index in [0.29, 0.717) is 32.8 Å². The predicted octanol–water partition coefficient (Wildman–Crippen LogP) is 1.31. The van der Waals surface area contributed by atoms with E-state index in [-0.39, 0.29) is 11.9 Å². The van der Waals surface area contributed by atoms with Crippen molar-refractivity contribution >= 4 is 20.3 Å². The second-order valence-corrected chi connectivity index (χ2v) is 13.0. The number of carbonyl (C=O) groups is 2. The van der Waals surface area contributed by atoms with Crippen LogP contribution in [-0.4, -0.2) is 74.2 Å². The van der Waals surface area contributed by atoms with E-state index in [4.69, 9.17) is 9.47 Å². The number of carbonyl (C=O) groups excluding carboxylic acids is 2. The first kappa shape index (κ1) is 20.1. The second kappa shape index (κ2) is 9.48. The van der Waals surface area contributed by atoms with Crippen molar-refractivity contribution in [1.29, 1.82) is 0 Å². The number of amides is 2. The summed E-state index contributed by atoms with van der Waals surface area (Å²) in [6.07, 6.45) is 0.603. The van der Waals surface area contributed by atoms with Crippen LogP contribution in [0.25, 0.3) is 0 Å². The highest BCUT2D eigenvalue weighted by Crippen LogP contribution is 2.08. The molecule has 0 unspecified atom stereocenters. The van der Waals surface area contributed by atoms with Gasteiger partial charge in [-0.2, -0.15) is 5.10 Å². The maximum atomic E-state index is 12.2. The Bertz CT molecular complexity index is 596. The van der Waals surface area contributed by atoms with Gasteiger partial charge in [-0.25, -0.2) is 9.59 Å². The highest BCUT2D eigenvalue weighted by atomic mass is 28.3. The fourth-order valence-electron chi connectivity index (χ4n) is 2.33. The van der Waals surface area contributed by atoms with Crippen molar-refractivity contribution < 1.29 is 19.1 Å². The first-order valence-electron chi connectivity index (χ1n) is 8.72. The van der Waals surface area contributed by atoms with Gasteiger partial charge >= 0.3 is 12.2 Å². The van der Waals surface area contributed by atoms with Gasteiger partial charge in [0.25, 0.3) is 0 Å². The molecule has 2 amide bonds. The average Bonchev–Trinajstić information content (AvgIpc) is 2.60. The third-order valence-electron chi connectivity index (χ3n) is 3.83. The molecule has 10 heteroatoms. The molecule has 1 aliphatic heterocycles. The van der Waals surface area contributed by atoms with Crippen LogP contribution in [0.4, 0.5) is 9.59 Å². The molecule has 2 heterocycles. The summed E-state index contributed by atoms with van der Waals surface area (Å²) in [6.45, 7) is 9.08. The smallest absolute Gasteiger partial charge is 0.416 e. The average molecular weight is 382 g/mol. The number of rotatable bonds is 6. The van der Waals surface area contributed by atoms with Crippen LogP contribution in [0.15, 0.2) is 18.3 Å². The summed E-state index contributed by atoms with van der Waals surface area (Å²) in [7, 11) is -1.22. The topological polar surface area (TPSA) is 106 Å². The number of aromatic nitrogens is 2. The minimum Gasteiger partial charge on any atom is -0.450 e. The molecule has 0 saturated carbocycles. The zero-order valence-corrected chi connectivity index (χ0v) is 16.5. The second-order valence-electron chi connectivity index (χ2n) is 7.35. The van der Waals surface area contributed by atoms with E-state index in [1.807, 2.05) is 0 Å². The molecule has 0 spiro atoms. The molecule has 1 aliphatic rings. The van der Waals surface area contributed by atoms with Crippen LogP contribution in [0.2, 0.25) is 25.7 Å². The lowest BCUT2D eigenvalue weighted by atomic mass is 10.2. The van der Waals surface area contributed by atoms with Gasteiger partial charge < -0.3 is 25.0 Å². The fourth-order valence-corrected chi connectivity index (χ4v) is 3.05. The van der Waals surface area contributed by atoms with Gasteiger partial charge in [-0.05, 0) is 12.1 Å². The summed E-state index contributed by atoms with van der Waals surface area (Å²) >= 11 is 0. The normalized spacial score (nSPS) is 17.5. The predicted molar refractivity (Wildman–Crippen MR) is 98.9 cm³/mol. The minimum atomic E-state index is -1.22. The number of hydrogen-bond donors (Lipinski definition) is 2. The largest absolute Gasteiger partial charge is 0.450 e. The quantitative estimate of drug-likeness (QED) is 0.716. The summed E-state index contributed by atoms with van der Waals surface area (Å²) in [5.41, 5.74) is 0. The van der Waals surface area contributed by atoms with Crippen molar-refractivity contribution in [2.75, 3.05) is 32.8 Å². The SMILES string of the molecule is C[Si](C)(C)CCOC(=O)NC[C@H]1CN(C(=O)Oc2cccnn2)CCN1. The first-order valence-corrected chi connectivity index (χ1v) is 12.4. The summed E-state index contributed by atoms with van der Waals surface area (Å²) in [5, 5.41) is 13.4. The number of nitrogens with zero attached hydrogens (tertiary/aromatic N) is 3. The highest BCUT2D eigenvalue weighted by Gasteiger charge is 2.25. The van der Waals surface area contributed by atoms with Crippen LogP contribution in [0, 0.1) is 0 Å². The van der Waals surface area contributed by atoms with Gasteiger partial charge in [0.15, 0.2) is 0 Å². The van der Waals surface area contributed by atoms with Crippen molar-refractivity contribution in [3.63, 3.8) is 0 Å². The Labute approximate surface area is 154 Å². The Morgan fingerprint density at radius 2 is 2.23 bits per heavy atom. The number of ether oxygens (including phenoxy) is 2. The van der Waals surface area contributed by atoms with Gasteiger partial charge in [0.1, 0.15) is 0 Å². The number of hydrogen-bond acceptors (Lipinski definition) is 7. The molecular weight excluding hydrogens is 354 g/mol. The van der Waals surface area contributed by atoms with Gasteiger partial charge in [-0.3, -0.25) is 0 Å². The van der Waals surface area contributed by atoms with E-state index >= 15 is 0 Å². The van der Waals surface area contributed by atoms with E-state index in [0.717, 1.165) is 6.04 Å². The molecule has 1 saturated heterocycles. The Morgan fingerprint density at radius 1 is 1.42 bits per heavy atom. The van der Waals surface area contributed by atoms with E-state index in [1.54, 1.807) is 17.0 Å². The highest BCUT2D eigenvalue weighted by molar-refractivity contribution is 6.76. The van der Waals surface area contributed by atoms with Crippen LogP contribution >= 0.6 is 0 Å². The maximum Gasteiger partial charge on any atom is 0.416 e. The molecule has 0 radical (unpaired) electrons. The van der Waals surface area contributed by atoms with Crippen molar-refractivity contribution in [3.05, 3.63) is 18.3 Å². The molecule has 0 aliphatic carbocycles. The lowest BCUT2D eigenvalue weighted by Gasteiger charge is -2.32. The molecule has 1 atom stereocenters. The maximum absolute atomic E-state index is 12.2. The molecule has 2 N–H and O–H groups in total. The number of nitrogens with one attached hydrogen (secondary N) is 2. The Hall–Kier alpha value is -2.20. The zero-order chi connectivity index (χ0) is 19.0. The zero-order valence-electron chi connectivity index (χ0n) is 15.5. The van der Waals surface area contributed by atoms with Gasteiger partial charge in [-0.15, -0.1) is 5.10 Å². The molecule has 9 nitrogen and oxygen atoms in total. The van der Waals surface area contributed by atoms with E-state index in [1.165, 1.54) is 6.20 Å². The third-order valence-corrected chi connectivity index (χ3v) is 5.54. The van der Waals surface area contributed by atoms with E-state index in [2.05, 4.69) is 40.5 Å². The number of piperazine rings is 1. The lowest BCUT2D eigenvalue weighted by molar-refractivity contribution is 0.130.